The molecule has 0 saturated carbocycles. The summed E-state index contributed by atoms with van der Waals surface area (Å²) in [5.41, 5.74) is 6.54. The molecule has 0 unspecified atom stereocenters. The highest BCUT2D eigenvalue weighted by Crippen LogP contribution is 2.17. The molecule has 0 saturated heterocycles. The lowest BCUT2D eigenvalue weighted by Crippen LogP contribution is -2.03. The number of sulfone groups is 1. The van der Waals surface area contributed by atoms with Gasteiger partial charge in [-0.1, -0.05) is 18.2 Å². The van der Waals surface area contributed by atoms with Gasteiger partial charge in [0.1, 0.15) is 11.6 Å². The zero-order valence-electron chi connectivity index (χ0n) is 11.0. The van der Waals surface area contributed by atoms with Gasteiger partial charge in [0.2, 0.25) is 0 Å². The van der Waals surface area contributed by atoms with Crippen LogP contribution in [0.4, 0.5) is 14.5 Å². The fourth-order valence-electron chi connectivity index (χ4n) is 1.74. The van der Waals surface area contributed by atoms with Crippen molar-refractivity contribution in [3.05, 3.63) is 70.6 Å². The van der Waals surface area contributed by atoms with Crippen molar-refractivity contribution in [3.8, 4) is 0 Å². The van der Waals surface area contributed by atoms with E-state index in [1.807, 2.05) is 0 Å². The summed E-state index contributed by atoms with van der Waals surface area (Å²) < 4.78 is 50.1. The Morgan fingerprint density at radius 3 is 2.48 bits per heavy atom. The van der Waals surface area contributed by atoms with E-state index in [0.717, 1.165) is 17.6 Å². The van der Waals surface area contributed by atoms with Gasteiger partial charge in [-0.05, 0) is 29.8 Å². The SMILES string of the molecule is Nc1ccccc1CS(=O)(=O)C=Cc1ccc(F)cc1F. The highest BCUT2D eigenvalue weighted by Gasteiger charge is 2.10. The van der Waals surface area contributed by atoms with Crippen molar-refractivity contribution in [2.75, 3.05) is 5.73 Å². The summed E-state index contributed by atoms with van der Waals surface area (Å²) in [6, 6.07) is 9.53. The molecule has 0 spiro atoms. The molecule has 2 aromatic carbocycles. The molecular formula is C15H13F2NO2S. The van der Waals surface area contributed by atoms with Gasteiger partial charge in [-0.25, -0.2) is 17.2 Å². The van der Waals surface area contributed by atoms with Gasteiger partial charge in [0.25, 0.3) is 0 Å². The summed E-state index contributed by atoms with van der Waals surface area (Å²) in [6.07, 6.45) is 1.10. The van der Waals surface area contributed by atoms with Crippen LogP contribution in [0.15, 0.2) is 47.9 Å². The molecule has 0 radical (unpaired) electrons. The Morgan fingerprint density at radius 1 is 1.10 bits per heavy atom. The summed E-state index contributed by atoms with van der Waals surface area (Å²) in [7, 11) is -3.60. The number of nitrogens with two attached hydrogens (primary N) is 1. The second kappa shape index (κ2) is 6.05. The zero-order valence-corrected chi connectivity index (χ0v) is 11.8. The molecular weight excluding hydrogens is 296 g/mol. The molecule has 0 aromatic heterocycles. The summed E-state index contributed by atoms with van der Waals surface area (Å²) in [5.74, 6) is -1.82. The molecule has 0 aliphatic heterocycles. The molecule has 0 amide bonds. The summed E-state index contributed by atoms with van der Waals surface area (Å²) in [4.78, 5) is 0. The van der Waals surface area contributed by atoms with Crippen molar-refractivity contribution in [2.45, 2.75) is 5.75 Å². The Labute approximate surface area is 121 Å². The third kappa shape index (κ3) is 4.13. The first kappa shape index (κ1) is 15.2. The van der Waals surface area contributed by atoms with Crippen LogP contribution in [0.2, 0.25) is 0 Å². The Balaban J connectivity index is 2.21. The zero-order chi connectivity index (χ0) is 15.5. The van der Waals surface area contributed by atoms with Crippen LogP contribution >= 0.6 is 0 Å². The summed E-state index contributed by atoms with van der Waals surface area (Å²) in [5, 5.41) is 0.899. The van der Waals surface area contributed by atoms with E-state index in [9.17, 15) is 17.2 Å². The second-order valence-corrected chi connectivity index (χ2v) is 6.36. The monoisotopic (exact) mass is 309 g/mol. The number of hydrogen-bond acceptors (Lipinski definition) is 3. The van der Waals surface area contributed by atoms with E-state index in [0.29, 0.717) is 17.3 Å². The average Bonchev–Trinajstić information content (AvgIpc) is 2.40. The van der Waals surface area contributed by atoms with Crippen molar-refractivity contribution >= 4 is 21.6 Å². The topological polar surface area (TPSA) is 60.2 Å². The predicted octanol–water partition coefficient (Wildman–Crippen LogP) is 3.13. The quantitative estimate of drug-likeness (QED) is 0.883. The van der Waals surface area contributed by atoms with Gasteiger partial charge in [-0.15, -0.1) is 0 Å². The number of benzene rings is 2. The van der Waals surface area contributed by atoms with E-state index in [1.54, 1.807) is 24.3 Å². The fourth-order valence-corrected chi connectivity index (χ4v) is 2.89. The maximum Gasteiger partial charge on any atom is 0.175 e. The molecule has 3 nitrogen and oxygen atoms in total. The van der Waals surface area contributed by atoms with Crippen molar-refractivity contribution in [1.82, 2.24) is 0 Å². The van der Waals surface area contributed by atoms with Crippen molar-refractivity contribution < 1.29 is 17.2 Å². The van der Waals surface area contributed by atoms with E-state index in [2.05, 4.69) is 0 Å². The van der Waals surface area contributed by atoms with E-state index >= 15 is 0 Å². The predicted molar refractivity (Wildman–Crippen MR) is 78.9 cm³/mol. The Bertz CT molecular complexity index is 786. The maximum absolute atomic E-state index is 13.4. The van der Waals surface area contributed by atoms with Gasteiger partial charge < -0.3 is 5.73 Å². The smallest absolute Gasteiger partial charge is 0.175 e. The van der Waals surface area contributed by atoms with Crippen LogP contribution in [0.25, 0.3) is 6.08 Å². The number of halogens is 2. The summed E-state index contributed by atoms with van der Waals surface area (Å²) >= 11 is 0. The van der Waals surface area contributed by atoms with Crippen LogP contribution in [-0.4, -0.2) is 8.42 Å². The molecule has 0 heterocycles. The minimum absolute atomic E-state index is 0.000934. The van der Waals surface area contributed by atoms with Gasteiger partial charge in [-0.3, -0.25) is 0 Å². The van der Waals surface area contributed by atoms with Gasteiger partial charge in [0.05, 0.1) is 5.75 Å². The third-order valence-electron chi connectivity index (χ3n) is 2.83. The molecule has 2 N–H and O–H groups in total. The lowest BCUT2D eigenvalue weighted by molar-refractivity contribution is 0.581. The van der Waals surface area contributed by atoms with Crippen LogP contribution in [0.5, 0.6) is 0 Å². The Kier molecular flexibility index (Phi) is 4.37. The summed E-state index contributed by atoms with van der Waals surface area (Å²) in [6.45, 7) is 0. The normalized spacial score (nSPS) is 11.9. The molecule has 110 valence electrons. The van der Waals surface area contributed by atoms with E-state index in [4.69, 9.17) is 5.73 Å². The fraction of sp³-hybridized carbons (Fsp3) is 0.0667. The minimum Gasteiger partial charge on any atom is -0.398 e. The van der Waals surface area contributed by atoms with Crippen LogP contribution < -0.4 is 5.73 Å². The number of nitrogen functional groups attached to an aromatic ring is 1. The number of rotatable bonds is 4. The molecule has 6 heteroatoms. The number of hydrogen-bond donors (Lipinski definition) is 1. The van der Waals surface area contributed by atoms with E-state index in [-0.39, 0.29) is 11.3 Å². The number of para-hydroxylation sites is 1. The highest BCUT2D eigenvalue weighted by atomic mass is 32.2. The van der Waals surface area contributed by atoms with Gasteiger partial charge in [0, 0.05) is 22.7 Å². The van der Waals surface area contributed by atoms with Gasteiger partial charge in [0.15, 0.2) is 9.84 Å². The first-order valence-electron chi connectivity index (χ1n) is 6.07. The molecule has 2 aromatic rings. The Morgan fingerprint density at radius 2 is 1.81 bits per heavy atom. The van der Waals surface area contributed by atoms with E-state index < -0.39 is 21.5 Å². The van der Waals surface area contributed by atoms with Gasteiger partial charge in [-0.2, -0.15) is 0 Å². The van der Waals surface area contributed by atoms with Crippen LogP contribution in [0.1, 0.15) is 11.1 Å². The van der Waals surface area contributed by atoms with Crippen molar-refractivity contribution in [1.29, 1.82) is 0 Å². The molecule has 0 atom stereocenters. The van der Waals surface area contributed by atoms with Gasteiger partial charge >= 0.3 is 0 Å². The van der Waals surface area contributed by atoms with Crippen LogP contribution in [-0.2, 0) is 15.6 Å². The molecule has 0 bridgehead atoms. The first-order chi connectivity index (χ1) is 9.87. The number of anilines is 1. The molecule has 0 aliphatic rings. The largest absolute Gasteiger partial charge is 0.398 e. The molecule has 0 aliphatic carbocycles. The standard InChI is InChI=1S/C15H13F2NO2S/c16-13-6-5-11(14(17)9-13)7-8-21(19,20)10-12-3-1-2-4-15(12)18/h1-9H,10,18H2. The van der Waals surface area contributed by atoms with E-state index in [1.165, 1.54) is 6.07 Å². The van der Waals surface area contributed by atoms with Crippen molar-refractivity contribution in [2.24, 2.45) is 0 Å². The average molecular weight is 309 g/mol. The Hall–Kier alpha value is -2.21. The second-order valence-electron chi connectivity index (χ2n) is 4.47. The third-order valence-corrected chi connectivity index (χ3v) is 4.09. The maximum atomic E-state index is 13.4. The molecule has 0 fully saturated rings. The minimum atomic E-state index is -3.60. The lowest BCUT2D eigenvalue weighted by atomic mass is 10.2. The van der Waals surface area contributed by atoms with Crippen molar-refractivity contribution in [3.63, 3.8) is 0 Å². The first-order valence-corrected chi connectivity index (χ1v) is 7.78. The van der Waals surface area contributed by atoms with Crippen LogP contribution in [0.3, 0.4) is 0 Å². The van der Waals surface area contributed by atoms with Crippen LogP contribution in [0, 0.1) is 11.6 Å². The molecule has 21 heavy (non-hydrogen) atoms. The highest BCUT2D eigenvalue weighted by molar-refractivity contribution is 7.93. The lowest BCUT2D eigenvalue weighted by Gasteiger charge is -2.04. The molecule has 2 rings (SSSR count).